The van der Waals surface area contributed by atoms with Crippen molar-refractivity contribution in [2.24, 2.45) is 0 Å². The molecular weight excluding hydrogens is 532 g/mol. The van der Waals surface area contributed by atoms with Gasteiger partial charge in [0.1, 0.15) is 23.0 Å². The third kappa shape index (κ3) is 6.51. The first-order valence-corrected chi connectivity index (χ1v) is 12.6. The molecule has 0 saturated carbocycles. The van der Waals surface area contributed by atoms with Gasteiger partial charge >= 0.3 is 5.69 Å². The Morgan fingerprint density at radius 2 is 1.52 bits per heavy atom. The minimum absolute atomic E-state index is 0.163. The van der Waals surface area contributed by atoms with Crippen LogP contribution in [0.5, 0.6) is 11.5 Å². The summed E-state index contributed by atoms with van der Waals surface area (Å²) in [5.41, 5.74) is 2.84. The zero-order chi connectivity index (χ0) is 28.6. The molecule has 0 unspecified atom stereocenters. The topological polar surface area (TPSA) is 126 Å². The van der Waals surface area contributed by atoms with E-state index < -0.39 is 4.92 Å². The number of hydrogen-bond acceptors (Lipinski definition) is 9. The number of ether oxygens (including phenoxy) is 2. The van der Waals surface area contributed by atoms with Crippen molar-refractivity contribution in [1.29, 1.82) is 5.26 Å². The molecule has 0 amide bonds. The van der Waals surface area contributed by atoms with Crippen molar-refractivity contribution in [2.45, 2.75) is 13.1 Å². The van der Waals surface area contributed by atoms with E-state index >= 15 is 0 Å². The number of anilines is 4. The number of benzene rings is 3. The average molecular weight is 559 g/mol. The standard InChI is InChI=1S/C29H27ClN6O4/c1-32-26-15-27(33-25-13-8-21(16-31)14-24(25)30)34-29(28(26)36(37)38)35(17-19-4-9-22(39-2)10-5-19)18-20-6-11-23(40-3)12-7-20/h4-15H,17-18H2,1-3H3,(H2,32,33,34). The fourth-order valence-corrected chi connectivity index (χ4v) is 4.34. The van der Waals surface area contributed by atoms with Crippen LogP contribution in [-0.4, -0.2) is 31.2 Å². The van der Waals surface area contributed by atoms with Crippen LogP contribution in [0.1, 0.15) is 16.7 Å². The van der Waals surface area contributed by atoms with Crippen molar-refractivity contribution in [3.05, 3.63) is 105 Å². The molecule has 0 spiro atoms. The lowest BCUT2D eigenvalue weighted by molar-refractivity contribution is -0.383. The molecule has 4 rings (SSSR count). The number of methoxy groups -OCH3 is 2. The van der Waals surface area contributed by atoms with Crippen LogP contribution in [0.15, 0.2) is 72.8 Å². The highest BCUT2D eigenvalue weighted by Crippen LogP contribution is 2.39. The summed E-state index contributed by atoms with van der Waals surface area (Å²) < 4.78 is 10.6. The van der Waals surface area contributed by atoms with Crippen molar-refractivity contribution in [3.8, 4) is 17.6 Å². The van der Waals surface area contributed by atoms with E-state index in [1.54, 1.807) is 39.5 Å². The van der Waals surface area contributed by atoms with Gasteiger partial charge in [0, 0.05) is 26.2 Å². The summed E-state index contributed by atoms with van der Waals surface area (Å²) in [5, 5.41) is 27.9. The second-order valence-electron chi connectivity index (χ2n) is 8.72. The second kappa shape index (κ2) is 12.7. The summed E-state index contributed by atoms with van der Waals surface area (Å²) in [5.74, 6) is 1.91. The number of nitrogens with zero attached hydrogens (tertiary/aromatic N) is 4. The first-order chi connectivity index (χ1) is 19.3. The van der Waals surface area contributed by atoms with Crippen molar-refractivity contribution in [2.75, 3.05) is 36.8 Å². The Kier molecular flexibility index (Phi) is 8.89. The van der Waals surface area contributed by atoms with Crippen molar-refractivity contribution >= 4 is 40.3 Å². The molecule has 2 N–H and O–H groups in total. The Labute approximate surface area is 236 Å². The Bertz CT molecular complexity index is 1490. The van der Waals surface area contributed by atoms with Gasteiger partial charge < -0.3 is 25.0 Å². The fourth-order valence-electron chi connectivity index (χ4n) is 4.11. The quantitative estimate of drug-likeness (QED) is 0.156. The van der Waals surface area contributed by atoms with Gasteiger partial charge in [-0.2, -0.15) is 5.26 Å². The largest absolute Gasteiger partial charge is 0.497 e. The molecule has 0 bridgehead atoms. The number of aromatic nitrogens is 1. The maximum Gasteiger partial charge on any atom is 0.334 e. The van der Waals surface area contributed by atoms with Gasteiger partial charge in [0.25, 0.3) is 0 Å². The van der Waals surface area contributed by atoms with E-state index in [0.29, 0.717) is 46.7 Å². The number of hydrogen-bond donors (Lipinski definition) is 2. The van der Waals surface area contributed by atoms with E-state index in [9.17, 15) is 10.1 Å². The third-order valence-electron chi connectivity index (χ3n) is 6.15. The molecule has 0 saturated heterocycles. The Balaban J connectivity index is 1.81. The Morgan fingerprint density at radius 3 is 1.98 bits per heavy atom. The lowest BCUT2D eigenvalue weighted by Crippen LogP contribution is -2.25. The highest BCUT2D eigenvalue weighted by Gasteiger charge is 2.28. The summed E-state index contributed by atoms with van der Waals surface area (Å²) >= 11 is 6.38. The van der Waals surface area contributed by atoms with Crippen LogP contribution in [0.4, 0.5) is 28.7 Å². The maximum atomic E-state index is 12.4. The molecule has 0 atom stereocenters. The molecule has 0 fully saturated rings. The Morgan fingerprint density at radius 1 is 0.950 bits per heavy atom. The van der Waals surface area contributed by atoms with Crippen LogP contribution >= 0.6 is 11.6 Å². The van der Waals surface area contributed by atoms with Crippen LogP contribution in [0.25, 0.3) is 0 Å². The van der Waals surface area contributed by atoms with Crippen LogP contribution in [0, 0.1) is 21.4 Å². The summed E-state index contributed by atoms with van der Waals surface area (Å²) in [6, 6.07) is 23.4. The molecule has 11 heteroatoms. The van der Waals surface area contributed by atoms with E-state index in [4.69, 9.17) is 31.3 Å². The van der Waals surface area contributed by atoms with Gasteiger partial charge in [0.15, 0.2) is 0 Å². The molecule has 1 aromatic heterocycles. The van der Waals surface area contributed by atoms with Crippen LogP contribution < -0.4 is 25.0 Å². The predicted octanol–water partition coefficient (Wildman–Crippen LogP) is 6.52. The SMILES string of the molecule is CNc1cc(Nc2ccc(C#N)cc2Cl)nc(N(Cc2ccc(OC)cc2)Cc2ccc(OC)cc2)c1[N+](=O)[O-]. The summed E-state index contributed by atoms with van der Waals surface area (Å²) in [6.45, 7) is 0.655. The van der Waals surface area contributed by atoms with E-state index in [-0.39, 0.29) is 17.2 Å². The van der Waals surface area contributed by atoms with Gasteiger partial charge in [0.05, 0.1) is 41.5 Å². The highest BCUT2D eigenvalue weighted by molar-refractivity contribution is 6.33. The monoisotopic (exact) mass is 558 g/mol. The number of nitro groups is 1. The van der Waals surface area contributed by atoms with E-state index in [0.717, 1.165) is 11.1 Å². The molecule has 3 aromatic carbocycles. The first kappa shape index (κ1) is 28.0. The van der Waals surface area contributed by atoms with E-state index in [1.807, 2.05) is 59.5 Å². The van der Waals surface area contributed by atoms with Gasteiger partial charge in [-0.05, 0) is 53.6 Å². The molecule has 4 aromatic rings. The number of nitriles is 1. The van der Waals surface area contributed by atoms with Gasteiger partial charge in [-0.15, -0.1) is 0 Å². The van der Waals surface area contributed by atoms with Gasteiger partial charge in [-0.25, -0.2) is 4.98 Å². The molecule has 1 heterocycles. The van der Waals surface area contributed by atoms with E-state index in [2.05, 4.69) is 10.6 Å². The highest BCUT2D eigenvalue weighted by atomic mass is 35.5. The summed E-state index contributed by atoms with van der Waals surface area (Å²) in [6.07, 6.45) is 0. The van der Waals surface area contributed by atoms with Gasteiger partial charge in [0.2, 0.25) is 5.82 Å². The smallest absolute Gasteiger partial charge is 0.334 e. The van der Waals surface area contributed by atoms with Gasteiger partial charge in [-0.1, -0.05) is 35.9 Å². The first-order valence-electron chi connectivity index (χ1n) is 12.2. The van der Waals surface area contributed by atoms with Crippen LogP contribution in [0.3, 0.4) is 0 Å². The predicted molar refractivity (Wildman–Crippen MR) is 156 cm³/mol. The number of rotatable bonds is 11. The van der Waals surface area contributed by atoms with Crippen molar-refractivity contribution in [1.82, 2.24) is 4.98 Å². The lowest BCUT2D eigenvalue weighted by atomic mass is 10.1. The zero-order valence-corrected chi connectivity index (χ0v) is 22.9. The molecule has 0 radical (unpaired) electrons. The maximum absolute atomic E-state index is 12.4. The molecule has 40 heavy (non-hydrogen) atoms. The molecule has 204 valence electrons. The molecular formula is C29H27ClN6O4. The minimum atomic E-state index is -0.443. The normalized spacial score (nSPS) is 10.4. The summed E-state index contributed by atoms with van der Waals surface area (Å²) in [7, 11) is 4.80. The molecule has 0 aliphatic rings. The fraction of sp³-hybridized carbons (Fsp3) is 0.172. The average Bonchev–Trinajstić information content (AvgIpc) is 2.97. The number of pyridine rings is 1. The molecule has 10 nitrogen and oxygen atoms in total. The third-order valence-corrected chi connectivity index (χ3v) is 6.46. The van der Waals surface area contributed by atoms with E-state index in [1.165, 1.54) is 6.07 Å². The number of halogens is 1. The minimum Gasteiger partial charge on any atom is -0.497 e. The number of nitrogens with one attached hydrogen (secondary N) is 2. The van der Waals surface area contributed by atoms with Crippen LogP contribution in [0.2, 0.25) is 5.02 Å². The van der Waals surface area contributed by atoms with Gasteiger partial charge in [-0.3, -0.25) is 10.1 Å². The molecule has 0 aliphatic heterocycles. The van der Waals surface area contributed by atoms with Crippen LogP contribution in [-0.2, 0) is 13.1 Å². The molecule has 0 aliphatic carbocycles. The lowest BCUT2D eigenvalue weighted by Gasteiger charge is -2.25. The van der Waals surface area contributed by atoms with Crippen molar-refractivity contribution in [3.63, 3.8) is 0 Å². The van der Waals surface area contributed by atoms with Crippen molar-refractivity contribution < 1.29 is 14.4 Å². The Hall–Kier alpha value is -5.01. The summed E-state index contributed by atoms with van der Waals surface area (Å²) in [4.78, 5) is 18.5. The zero-order valence-electron chi connectivity index (χ0n) is 22.1. The second-order valence-corrected chi connectivity index (χ2v) is 9.13.